The molecule has 0 saturated carbocycles. The van der Waals surface area contributed by atoms with E-state index < -0.39 is 0 Å². The van der Waals surface area contributed by atoms with Gasteiger partial charge in [0.2, 0.25) is 5.91 Å². The van der Waals surface area contributed by atoms with Crippen molar-refractivity contribution in [1.82, 2.24) is 9.88 Å². The third kappa shape index (κ3) is 4.25. The molecule has 5 heteroatoms. The van der Waals surface area contributed by atoms with Crippen molar-refractivity contribution < 1.29 is 9.53 Å². The Morgan fingerprint density at radius 2 is 2.43 bits per heavy atom. The van der Waals surface area contributed by atoms with Gasteiger partial charge in [-0.3, -0.25) is 9.78 Å². The number of carbonyl (C=O) groups excluding carboxylic acids is 1. The Balaban J connectivity index is 2.05. The van der Waals surface area contributed by atoms with Gasteiger partial charge in [-0.15, -0.1) is 0 Å². The van der Waals surface area contributed by atoms with Gasteiger partial charge in [0, 0.05) is 32.1 Å². The molecule has 0 aromatic carbocycles. The maximum atomic E-state index is 12.8. The molecule has 1 aromatic rings. The van der Waals surface area contributed by atoms with Crippen LogP contribution in [0.1, 0.15) is 31.7 Å². The van der Waals surface area contributed by atoms with E-state index in [1.807, 2.05) is 23.2 Å². The average Bonchev–Trinajstić information content (AvgIpc) is 3.00. The summed E-state index contributed by atoms with van der Waals surface area (Å²) in [6.07, 6.45) is 6.14. The van der Waals surface area contributed by atoms with Gasteiger partial charge in [-0.1, -0.05) is 13.0 Å². The van der Waals surface area contributed by atoms with Gasteiger partial charge >= 0.3 is 0 Å². The van der Waals surface area contributed by atoms with Crippen molar-refractivity contribution in [3.8, 4) is 0 Å². The molecular formula is C16H25N3O2. The zero-order valence-electron chi connectivity index (χ0n) is 12.7. The van der Waals surface area contributed by atoms with Crippen LogP contribution in [0.25, 0.3) is 0 Å². The molecule has 2 rings (SSSR count). The van der Waals surface area contributed by atoms with Gasteiger partial charge in [-0.2, -0.15) is 0 Å². The van der Waals surface area contributed by atoms with Crippen LogP contribution in [0.5, 0.6) is 0 Å². The molecule has 116 valence electrons. The van der Waals surface area contributed by atoms with E-state index in [-0.39, 0.29) is 17.9 Å². The van der Waals surface area contributed by atoms with Gasteiger partial charge in [0.25, 0.3) is 0 Å². The van der Waals surface area contributed by atoms with E-state index >= 15 is 0 Å². The molecule has 2 N–H and O–H groups in total. The van der Waals surface area contributed by atoms with E-state index in [1.54, 1.807) is 6.20 Å². The largest absolute Gasteiger partial charge is 0.377 e. The summed E-state index contributed by atoms with van der Waals surface area (Å²) in [4.78, 5) is 18.8. The van der Waals surface area contributed by atoms with Crippen molar-refractivity contribution in [3.63, 3.8) is 0 Å². The molecule has 1 amide bonds. The quantitative estimate of drug-likeness (QED) is 0.828. The first-order valence-corrected chi connectivity index (χ1v) is 7.75. The first kappa shape index (κ1) is 15.9. The monoisotopic (exact) mass is 291 g/mol. The van der Waals surface area contributed by atoms with Crippen molar-refractivity contribution in [3.05, 3.63) is 30.1 Å². The second kappa shape index (κ2) is 8.10. The maximum absolute atomic E-state index is 12.8. The summed E-state index contributed by atoms with van der Waals surface area (Å²) in [7, 11) is 0. The standard InChI is InChI=1S/C16H25N3O2/c1-2-15-14(6-10-21-15)16(20)19(9-4-7-17)12-13-5-3-8-18-11-13/h3,5,8,11,14-15H,2,4,6-7,9-10,12,17H2,1H3. The van der Waals surface area contributed by atoms with Gasteiger partial charge in [0.15, 0.2) is 0 Å². The van der Waals surface area contributed by atoms with Crippen molar-refractivity contribution in [2.24, 2.45) is 11.7 Å². The van der Waals surface area contributed by atoms with E-state index in [2.05, 4.69) is 11.9 Å². The molecule has 0 aliphatic carbocycles. The van der Waals surface area contributed by atoms with E-state index in [0.717, 1.165) is 24.8 Å². The number of rotatable bonds is 7. The van der Waals surface area contributed by atoms with Gasteiger partial charge in [0.05, 0.1) is 12.0 Å². The Bertz CT molecular complexity index is 438. The fraction of sp³-hybridized carbons (Fsp3) is 0.625. The second-order valence-corrected chi connectivity index (χ2v) is 5.48. The highest BCUT2D eigenvalue weighted by Gasteiger charge is 2.35. The van der Waals surface area contributed by atoms with Gasteiger partial charge in [-0.25, -0.2) is 0 Å². The van der Waals surface area contributed by atoms with Gasteiger partial charge in [0.1, 0.15) is 0 Å². The number of aromatic nitrogens is 1. The Morgan fingerprint density at radius 3 is 3.10 bits per heavy atom. The summed E-state index contributed by atoms with van der Waals surface area (Å²) < 4.78 is 5.66. The van der Waals surface area contributed by atoms with Crippen LogP contribution in [0, 0.1) is 5.92 Å². The lowest BCUT2D eigenvalue weighted by Gasteiger charge is -2.27. The number of carbonyl (C=O) groups is 1. The summed E-state index contributed by atoms with van der Waals surface area (Å²) in [5, 5.41) is 0. The van der Waals surface area contributed by atoms with Gasteiger partial charge in [-0.05, 0) is 37.4 Å². The van der Waals surface area contributed by atoms with Crippen LogP contribution in [0.15, 0.2) is 24.5 Å². The van der Waals surface area contributed by atoms with Gasteiger partial charge < -0.3 is 15.4 Å². The molecular weight excluding hydrogens is 266 g/mol. The van der Waals surface area contributed by atoms with Crippen molar-refractivity contribution in [2.75, 3.05) is 19.7 Å². The van der Waals surface area contributed by atoms with Crippen LogP contribution in [0.3, 0.4) is 0 Å². The Morgan fingerprint density at radius 1 is 1.57 bits per heavy atom. The number of amides is 1. The Hall–Kier alpha value is -1.46. The molecule has 0 spiro atoms. The molecule has 21 heavy (non-hydrogen) atoms. The summed E-state index contributed by atoms with van der Waals surface area (Å²) in [5.41, 5.74) is 6.65. The first-order valence-electron chi connectivity index (χ1n) is 7.75. The molecule has 1 aromatic heterocycles. The zero-order chi connectivity index (χ0) is 15.1. The van der Waals surface area contributed by atoms with E-state index in [4.69, 9.17) is 10.5 Å². The Labute approximate surface area is 126 Å². The number of hydrogen-bond donors (Lipinski definition) is 1. The lowest BCUT2D eigenvalue weighted by molar-refractivity contribution is -0.138. The molecule has 5 nitrogen and oxygen atoms in total. The second-order valence-electron chi connectivity index (χ2n) is 5.48. The third-order valence-electron chi connectivity index (χ3n) is 3.97. The highest BCUT2D eigenvalue weighted by atomic mass is 16.5. The van der Waals surface area contributed by atoms with Crippen LogP contribution in [0.2, 0.25) is 0 Å². The van der Waals surface area contributed by atoms with Crippen LogP contribution >= 0.6 is 0 Å². The number of ether oxygens (including phenoxy) is 1. The normalized spacial score (nSPS) is 21.4. The number of pyridine rings is 1. The van der Waals surface area contributed by atoms with Crippen LogP contribution < -0.4 is 5.73 Å². The number of nitrogens with zero attached hydrogens (tertiary/aromatic N) is 2. The summed E-state index contributed by atoms with van der Waals surface area (Å²) in [5.74, 6) is 0.182. The summed E-state index contributed by atoms with van der Waals surface area (Å²) >= 11 is 0. The molecule has 2 heterocycles. The third-order valence-corrected chi connectivity index (χ3v) is 3.97. The van der Waals surface area contributed by atoms with Crippen molar-refractivity contribution in [1.29, 1.82) is 0 Å². The zero-order valence-corrected chi connectivity index (χ0v) is 12.7. The fourth-order valence-corrected chi connectivity index (χ4v) is 2.83. The minimum absolute atomic E-state index is 0.00977. The number of nitrogens with two attached hydrogens (primary N) is 1. The van der Waals surface area contributed by atoms with E-state index in [0.29, 0.717) is 26.2 Å². The maximum Gasteiger partial charge on any atom is 0.228 e. The topological polar surface area (TPSA) is 68.5 Å². The molecule has 2 atom stereocenters. The summed E-state index contributed by atoms with van der Waals surface area (Å²) in [6, 6.07) is 3.90. The lowest BCUT2D eigenvalue weighted by Crippen LogP contribution is -2.40. The molecule has 1 saturated heterocycles. The molecule has 2 unspecified atom stereocenters. The highest BCUT2D eigenvalue weighted by molar-refractivity contribution is 5.79. The average molecular weight is 291 g/mol. The van der Waals surface area contributed by atoms with E-state index in [9.17, 15) is 4.79 Å². The van der Waals surface area contributed by atoms with Crippen molar-refractivity contribution in [2.45, 2.75) is 38.8 Å². The van der Waals surface area contributed by atoms with Crippen LogP contribution in [-0.4, -0.2) is 41.6 Å². The Kier molecular flexibility index (Phi) is 6.14. The van der Waals surface area contributed by atoms with Crippen LogP contribution in [-0.2, 0) is 16.1 Å². The smallest absolute Gasteiger partial charge is 0.228 e. The highest BCUT2D eigenvalue weighted by Crippen LogP contribution is 2.26. The molecule has 1 fully saturated rings. The van der Waals surface area contributed by atoms with Crippen LogP contribution in [0.4, 0.5) is 0 Å². The number of hydrogen-bond acceptors (Lipinski definition) is 4. The fourth-order valence-electron chi connectivity index (χ4n) is 2.83. The lowest BCUT2D eigenvalue weighted by atomic mass is 9.97. The van der Waals surface area contributed by atoms with E-state index in [1.165, 1.54) is 0 Å². The predicted molar refractivity (Wildman–Crippen MR) is 81.5 cm³/mol. The first-order chi connectivity index (χ1) is 10.3. The minimum Gasteiger partial charge on any atom is -0.377 e. The minimum atomic E-state index is -0.00977. The summed E-state index contributed by atoms with van der Waals surface area (Å²) in [6.45, 7) is 4.64. The molecule has 1 aliphatic rings. The molecule has 0 bridgehead atoms. The van der Waals surface area contributed by atoms with Crippen molar-refractivity contribution >= 4 is 5.91 Å². The predicted octanol–water partition coefficient (Wildman–Crippen LogP) is 1.57. The SMILES string of the molecule is CCC1OCCC1C(=O)N(CCCN)Cc1cccnc1. The molecule has 1 aliphatic heterocycles. The molecule has 0 radical (unpaired) electrons.